The highest BCUT2D eigenvalue weighted by Crippen LogP contribution is 1.99. The molecule has 0 spiro atoms. The maximum absolute atomic E-state index is 11.2. The van der Waals surface area contributed by atoms with Gasteiger partial charge < -0.3 is 15.3 Å². The second-order valence-corrected chi connectivity index (χ2v) is 2.87. The van der Waals surface area contributed by atoms with Gasteiger partial charge in [0.2, 0.25) is 0 Å². The maximum atomic E-state index is 11.2. The Labute approximate surface area is 82.1 Å². The van der Waals surface area contributed by atoms with Crippen LogP contribution in [0.2, 0.25) is 0 Å². The van der Waals surface area contributed by atoms with Crippen LogP contribution in [0.1, 0.15) is 13.3 Å². The Balaban J connectivity index is 3.99. The maximum Gasteiger partial charge on any atom is 0.323 e. The van der Waals surface area contributed by atoms with Gasteiger partial charge in [-0.25, -0.2) is 4.79 Å². The average Bonchev–Trinajstić information content (AvgIpc) is 2.13. The minimum atomic E-state index is -1.10. The van der Waals surface area contributed by atoms with Gasteiger partial charge in [0.1, 0.15) is 6.54 Å². The van der Waals surface area contributed by atoms with Crippen molar-refractivity contribution < 1.29 is 14.7 Å². The number of carboxylic acids is 1. The second kappa shape index (κ2) is 5.80. The molecule has 0 bridgehead atoms. The number of aliphatic carboxylic acids is 1. The van der Waals surface area contributed by atoms with E-state index in [1.807, 2.05) is 6.07 Å². The van der Waals surface area contributed by atoms with Gasteiger partial charge in [-0.2, -0.15) is 5.26 Å². The summed E-state index contributed by atoms with van der Waals surface area (Å²) in [6, 6.07) is 1.21. The van der Waals surface area contributed by atoms with Crippen LogP contribution in [0, 0.1) is 11.3 Å². The van der Waals surface area contributed by atoms with Crippen molar-refractivity contribution in [1.29, 1.82) is 5.26 Å². The van der Waals surface area contributed by atoms with Gasteiger partial charge >= 0.3 is 12.0 Å². The monoisotopic (exact) mass is 199 g/mol. The van der Waals surface area contributed by atoms with Crippen LogP contribution in [0.4, 0.5) is 4.79 Å². The summed E-state index contributed by atoms with van der Waals surface area (Å²) in [6.45, 7) is 1.30. The summed E-state index contributed by atoms with van der Waals surface area (Å²) >= 11 is 0. The van der Waals surface area contributed by atoms with Crippen molar-refractivity contribution in [3.8, 4) is 6.07 Å². The van der Waals surface area contributed by atoms with E-state index in [0.29, 0.717) is 0 Å². The van der Waals surface area contributed by atoms with Crippen LogP contribution in [0.15, 0.2) is 0 Å². The number of carbonyl (C=O) groups excluding carboxylic acids is 1. The molecule has 14 heavy (non-hydrogen) atoms. The zero-order valence-corrected chi connectivity index (χ0v) is 8.15. The molecule has 0 fully saturated rings. The molecule has 0 saturated heterocycles. The number of carbonyl (C=O) groups is 2. The van der Waals surface area contributed by atoms with Crippen molar-refractivity contribution >= 4 is 12.0 Å². The van der Waals surface area contributed by atoms with E-state index in [-0.39, 0.29) is 12.5 Å². The third kappa shape index (κ3) is 4.30. The molecule has 0 aromatic rings. The molecular formula is C8H13N3O3. The topological polar surface area (TPSA) is 93.4 Å². The molecule has 0 aliphatic heterocycles. The first-order valence-electron chi connectivity index (χ1n) is 4.08. The Hall–Kier alpha value is -1.77. The van der Waals surface area contributed by atoms with E-state index in [4.69, 9.17) is 10.4 Å². The fourth-order valence-electron chi connectivity index (χ4n) is 0.745. The lowest BCUT2D eigenvalue weighted by Crippen LogP contribution is -2.43. The Bertz CT molecular complexity index is 259. The molecule has 0 saturated carbocycles. The van der Waals surface area contributed by atoms with Gasteiger partial charge in [0, 0.05) is 13.1 Å². The number of hydrogen-bond acceptors (Lipinski definition) is 3. The van der Waals surface area contributed by atoms with Gasteiger partial charge in [0.25, 0.3) is 0 Å². The Morgan fingerprint density at radius 3 is 2.64 bits per heavy atom. The lowest BCUT2D eigenvalue weighted by atomic mass is 10.2. The summed E-state index contributed by atoms with van der Waals surface area (Å²) in [5.74, 6) is -1.10. The highest BCUT2D eigenvalue weighted by molar-refractivity contribution is 5.79. The standard InChI is InChI=1S/C8H13N3O3/c1-6(3-4-9)11(2)8(14)10-5-7(12)13/h6H,3,5H2,1-2H3,(H,10,14)(H,12,13). The van der Waals surface area contributed by atoms with Crippen LogP contribution in [-0.2, 0) is 4.79 Å². The van der Waals surface area contributed by atoms with E-state index in [9.17, 15) is 9.59 Å². The van der Waals surface area contributed by atoms with Gasteiger partial charge in [0.15, 0.2) is 0 Å². The Morgan fingerprint density at radius 2 is 2.21 bits per heavy atom. The summed E-state index contributed by atoms with van der Waals surface area (Å²) < 4.78 is 0. The van der Waals surface area contributed by atoms with Crippen molar-refractivity contribution in [1.82, 2.24) is 10.2 Å². The highest BCUT2D eigenvalue weighted by atomic mass is 16.4. The number of urea groups is 1. The van der Waals surface area contributed by atoms with E-state index in [1.165, 1.54) is 11.9 Å². The van der Waals surface area contributed by atoms with Gasteiger partial charge in [-0.1, -0.05) is 0 Å². The summed E-state index contributed by atoms with van der Waals surface area (Å²) in [7, 11) is 1.51. The summed E-state index contributed by atoms with van der Waals surface area (Å²) in [4.78, 5) is 22.6. The normalized spacial score (nSPS) is 11.2. The zero-order chi connectivity index (χ0) is 11.1. The molecule has 0 heterocycles. The zero-order valence-electron chi connectivity index (χ0n) is 8.15. The molecule has 1 unspecified atom stereocenters. The number of carboxylic acid groups (broad SMARTS) is 1. The van der Waals surface area contributed by atoms with E-state index in [2.05, 4.69) is 5.32 Å². The number of nitrogens with zero attached hydrogens (tertiary/aromatic N) is 2. The molecular weight excluding hydrogens is 186 g/mol. The number of amides is 2. The lowest BCUT2D eigenvalue weighted by molar-refractivity contribution is -0.135. The lowest BCUT2D eigenvalue weighted by Gasteiger charge is -2.22. The highest BCUT2D eigenvalue weighted by Gasteiger charge is 2.15. The molecule has 0 radical (unpaired) electrons. The summed E-state index contributed by atoms with van der Waals surface area (Å²) in [5.41, 5.74) is 0. The quantitative estimate of drug-likeness (QED) is 0.667. The molecule has 0 aromatic heterocycles. The largest absolute Gasteiger partial charge is 0.480 e. The van der Waals surface area contributed by atoms with Crippen molar-refractivity contribution in [3.05, 3.63) is 0 Å². The number of nitrogens with one attached hydrogen (secondary N) is 1. The van der Waals surface area contributed by atoms with Crippen molar-refractivity contribution in [3.63, 3.8) is 0 Å². The van der Waals surface area contributed by atoms with Gasteiger partial charge in [-0.15, -0.1) is 0 Å². The Morgan fingerprint density at radius 1 is 1.64 bits per heavy atom. The van der Waals surface area contributed by atoms with Crippen LogP contribution in [0.25, 0.3) is 0 Å². The van der Waals surface area contributed by atoms with Crippen LogP contribution in [0.5, 0.6) is 0 Å². The second-order valence-electron chi connectivity index (χ2n) is 2.87. The van der Waals surface area contributed by atoms with E-state index >= 15 is 0 Å². The number of nitriles is 1. The van der Waals surface area contributed by atoms with Gasteiger partial charge in [-0.05, 0) is 6.92 Å². The molecule has 0 aromatic carbocycles. The fourth-order valence-corrected chi connectivity index (χ4v) is 0.745. The number of hydrogen-bond donors (Lipinski definition) is 2. The summed E-state index contributed by atoms with van der Waals surface area (Å²) in [6.07, 6.45) is 0.219. The number of rotatable bonds is 4. The molecule has 1 atom stereocenters. The molecule has 6 nitrogen and oxygen atoms in total. The first-order chi connectivity index (χ1) is 6.49. The molecule has 6 heteroatoms. The Kier molecular flexibility index (Phi) is 5.07. The predicted molar refractivity (Wildman–Crippen MR) is 48.5 cm³/mol. The molecule has 0 aliphatic rings. The fraction of sp³-hybridized carbons (Fsp3) is 0.625. The van der Waals surface area contributed by atoms with Crippen molar-refractivity contribution in [2.45, 2.75) is 19.4 Å². The van der Waals surface area contributed by atoms with E-state index < -0.39 is 18.5 Å². The van der Waals surface area contributed by atoms with Crippen LogP contribution >= 0.6 is 0 Å². The molecule has 0 aliphatic carbocycles. The summed E-state index contributed by atoms with van der Waals surface area (Å²) in [5, 5.41) is 18.9. The van der Waals surface area contributed by atoms with Crippen LogP contribution in [-0.4, -0.2) is 41.6 Å². The third-order valence-corrected chi connectivity index (χ3v) is 1.76. The predicted octanol–water partition coefficient (Wildman–Crippen LogP) is 0.0146. The van der Waals surface area contributed by atoms with Crippen LogP contribution in [0.3, 0.4) is 0 Å². The first kappa shape index (κ1) is 12.2. The molecule has 2 amide bonds. The van der Waals surface area contributed by atoms with E-state index in [1.54, 1.807) is 6.92 Å². The van der Waals surface area contributed by atoms with Gasteiger partial charge in [0.05, 0.1) is 12.5 Å². The first-order valence-corrected chi connectivity index (χ1v) is 4.08. The molecule has 2 N–H and O–H groups in total. The average molecular weight is 199 g/mol. The van der Waals surface area contributed by atoms with E-state index in [0.717, 1.165) is 0 Å². The minimum absolute atomic E-state index is 0.219. The minimum Gasteiger partial charge on any atom is -0.480 e. The van der Waals surface area contributed by atoms with Crippen molar-refractivity contribution in [2.75, 3.05) is 13.6 Å². The van der Waals surface area contributed by atoms with Crippen molar-refractivity contribution in [2.24, 2.45) is 0 Å². The smallest absolute Gasteiger partial charge is 0.323 e. The van der Waals surface area contributed by atoms with Crippen LogP contribution < -0.4 is 5.32 Å². The SMILES string of the molecule is CC(CC#N)N(C)C(=O)NCC(=O)O. The molecule has 0 rings (SSSR count). The molecule has 78 valence electrons. The van der Waals surface area contributed by atoms with Gasteiger partial charge in [-0.3, -0.25) is 4.79 Å². The third-order valence-electron chi connectivity index (χ3n) is 1.76.